The van der Waals surface area contributed by atoms with Crippen LogP contribution in [0.4, 0.5) is 0 Å². The first-order valence-electron chi connectivity index (χ1n) is 12.2. The molecule has 3 aromatic rings. The second-order valence-corrected chi connectivity index (χ2v) is 13.0. The Hall–Kier alpha value is -3.60. The summed E-state index contributed by atoms with van der Waals surface area (Å²) in [6.07, 6.45) is 1.51. The van der Waals surface area contributed by atoms with E-state index in [0.29, 0.717) is 22.1 Å². The predicted octanol–water partition coefficient (Wildman–Crippen LogP) is 4.68. The number of likely N-dealkylation sites (tertiary alicyclic amines) is 1. The highest BCUT2D eigenvalue weighted by Crippen LogP contribution is 2.41. The Balaban J connectivity index is 1.61. The topological polar surface area (TPSA) is 102 Å². The normalized spacial score (nSPS) is 17.8. The van der Waals surface area contributed by atoms with Crippen molar-refractivity contribution in [1.29, 1.82) is 0 Å². The number of rotatable bonds is 12. The number of benzene rings is 3. The molecule has 4 rings (SSSR count). The maximum absolute atomic E-state index is 13.4. The van der Waals surface area contributed by atoms with E-state index in [9.17, 15) is 18.0 Å². The smallest absolute Gasteiger partial charge is 0.333 e. The van der Waals surface area contributed by atoms with Crippen LogP contribution in [0.25, 0.3) is 0 Å². The number of hydrogen-bond donors (Lipinski definition) is 0. The van der Waals surface area contributed by atoms with Gasteiger partial charge >= 0.3 is 5.97 Å². The minimum atomic E-state index is -3.92. The van der Waals surface area contributed by atoms with Crippen LogP contribution in [0.2, 0.25) is 0 Å². The third-order valence-corrected chi connectivity index (χ3v) is 10.1. The SMILES string of the molecule is C=C(CCl)C(C(=O)OCc1ccc(OC)cc1)N1C(=O)C(N=Cc2ccccc2)C1SS(=O)(=O)c1ccccc1. The van der Waals surface area contributed by atoms with Crippen LogP contribution in [0, 0.1) is 0 Å². The van der Waals surface area contributed by atoms with Crippen molar-refractivity contribution in [2.45, 2.75) is 29.0 Å². The second-order valence-electron chi connectivity index (χ2n) is 8.78. The molecule has 1 saturated heterocycles. The van der Waals surface area contributed by atoms with Crippen LogP contribution in [0.1, 0.15) is 11.1 Å². The van der Waals surface area contributed by atoms with E-state index in [2.05, 4.69) is 11.6 Å². The summed E-state index contributed by atoms with van der Waals surface area (Å²) < 4.78 is 37.3. The molecule has 40 heavy (non-hydrogen) atoms. The van der Waals surface area contributed by atoms with Gasteiger partial charge in [-0.25, -0.2) is 13.2 Å². The standard InChI is InChI=1S/C29H27ClN2O6S2/c1-20(17-30)26(29(34)38-19-22-13-15-23(37-2)16-14-22)32-27(33)25(31-18-21-9-5-3-6-10-21)28(32)39-40(35,36)24-11-7-4-8-12-24/h3-16,18,25-26,28H,1,17,19H2,2H3. The molecule has 0 radical (unpaired) electrons. The highest BCUT2D eigenvalue weighted by Gasteiger charge is 2.55. The lowest BCUT2D eigenvalue weighted by atomic mass is 9.99. The molecule has 8 nitrogen and oxygen atoms in total. The monoisotopic (exact) mass is 598 g/mol. The van der Waals surface area contributed by atoms with Crippen LogP contribution in [-0.2, 0) is 29.8 Å². The molecular weight excluding hydrogens is 572 g/mol. The van der Waals surface area contributed by atoms with E-state index < -0.39 is 38.2 Å². The summed E-state index contributed by atoms with van der Waals surface area (Å²) in [5.41, 5.74) is 1.63. The molecule has 0 spiro atoms. The van der Waals surface area contributed by atoms with E-state index in [1.54, 1.807) is 49.6 Å². The number of esters is 1. The fourth-order valence-electron chi connectivity index (χ4n) is 3.96. The van der Waals surface area contributed by atoms with Crippen LogP contribution in [0.5, 0.6) is 5.75 Å². The molecule has 3 unspecified atom stereocenters. The van der Waals surface area contributed by atoms with Gasteiger partial charge in [0, 0.05) is 22.9 Å². The lowest BCUT2D eigenvalue weighted by Gasteiger charge is -2.47. The first-order valence-corrected chi connectivity index (χ1v) is 15.6. The summed E-state index contributed by atoms with van der Waals surface area (Å²) in [6, 6.07) is 21.5. The molecule has 1 heterocycles. The molecule has 0 bridgehead atoms. The van der Waals surface area contributed by atoms with Crippen molar-refractivity contribution in [1.82, 2.24) is 4.90 Å². The van der Waals surface area contributed by atoms with Gasteiger partial charge < -0.3 is 14.4 Å². The van der Waals surface area contributed by atoms with Gasteiger partial charge in [-0.05, 0) is 41.0 Å². The summed E-state index contributed by atoms with van der Waals surface area (Å²) in [7, 11) is -1.83. The number of methoxy groups -OCH3 is 1. The number of aliphatic imine (C=N–C) groups is 1. The van der Waals surface area contributed by atoms with E-state index in [4.69, 9.17) is 21.1 Å². The number of nitrogens with zero attached hydrogens (tertiary/aromatic N) is 2. The second kappa shape index (κ2) is 13.2. The van der Waals surface area contributed by atoms with Crippen molar-refractivity contribution in [3.05, 3.63) is 108 Å². The van der Waals surface area contributed by atoms with Crippen LogP contribution >= 0.6 is 22.4 Å². The number of carbonyl (C=O) groups is 2. The molecule has 3 atom stereocenters. The Morgan fingerprint density at radius 1 is 1.07 bits per heavy atom. The molecule has 0 aliphatic carbocycles. The first-order chi connectivity index (χ1) is 19.2. The molecule has 1 aliphatic rings. The van der Waals surface area contributed by atoms with E-state index >= 15 is 0 Å². The van der Waals surface area contributed by atoms with Gasteiger partial charge in [0.1, 0.15) is 17.7 Å². The lowest BCUT2D eigenvalue weighted by Crippen LogP contribution is -2.68. The van der Waals surface area contributed by atoms with E-state index in [1.165, 1.54) is 18.3 Å². The molecule has 208 valence electrons. The fraction of sp³-hybridized carbons (Fsp3) is 0.207. The molecular formula is C29H27ClN2O6S2. The molecule has 11 heteroatoms. The Morgan fingerprint density at radius 3 is 2.30 bits per heavy atom. The Bertz CT molecular complexity index is 1480. The van der Waals surface area contributed by atoms with Crippen molar-refractivity contribution in [3.8, 4) is 5.75 Å². The number of hydrogen-bond acceptors (Lipinski definition) is 8. The Labute approximate surface area is 242 Å². The zero-order valence-electron chi connectivity index (χ0n) is 21.6. The maximum atomic E-state index is 13.4. The van der Waals surface area contributed by atoms with Crippen LogP contribution in [-0.4, -0.2) is 61.9 Å². The highest BCUT2D eigenvalue weighted by atomic mass is 35.5. The summed E-state index contributed by atoms with van der Waals surface area (Å²) in [5, 5.41) is -1.03. The molecule has 0 aromatic heterocycles. The van der Waals surface area contributed by atoms with Gasteiger partial charge in [-0.3, -0.25) is 9.79 Å². The average Bonchev–Trinajstić information content (AvgIpc) is 2.99. The van der Waals surface area contributed by atoms with Crippen molar-refractivity contribution < 1.29 is 27.5 Å². The summed E-state index contributed by atoms with van der Waals surface area (Å²) in [4.78, 5) is 32.4. The largest absolute Gasteiger partial charge is 0.497 e. The van der Waals surface area contributed by atoms with Crippen molar-refractivity contribution in [2.75, 3.05) is 13.0 Å². The molecule has 1 fully saturated rings. The molecule has 3 aromatic carbocycles. The quantitative estimate of drug-likeness (QED) is 0.0745. The van der Waals surface area contributed by atoms with E-state index in [-0.39, 0.29) is 23.0 Å². The zero-order chi connectivity index (χ0) is 28.7. The maximum Gasteiger partial charge on any atom is 0.333 e. The first kappa shape index (κ1) is 29.4. The number of alkyl halides is 1. The lowest BCUT2D eigenvalue weighted by molar-refractivity contribution is -0.161. The van der Waals surface area contributed by atoms with Gasteiger partial charge in [-0.1, -0.05) is 67.2 Å². The fourth-order valence-corrected chi connectivity index (χ4v) is 7.62. The van der Waals surface area contributed by atoms with Crippen LogP contribution in [0.3, 0.4) is 0 Å². The summed E-state index contributed by atoms with van der Waals surface area (Å²) in [6.45, 7) is 3.80. The Morgan fingerprint density at radius 2 is 1.70 bits per heavy atom. The van der Waals surface area contributed by atoms with Crippen molar-refractivity contribution >= 4 is 49.4 Å². The van der Waals surface area contributed by atoms with Crippen molar-refractivity contribution in [3.63, 3.8) is 0 Å². The summed E-state index contributed by atoms with van der Waals surface area (Å²) >= 11 is 6.05. The van der Waals surface area contributed by atoms with Crippen LogP contribution < -0.4 is 4.74 Å². The average molecular weight is 599 g/mol. The van der Waals surface area contributed by atoms with Gasteiger partial charge in [0.05, 0.1) is 12.0 Å². The number of carbonyl (C=O) groups excluding carboxylic acids is 2. The number of ether oxygens (including phenoxy) is 2. The molecule has 0 saturated carbocycles. The summed E-state index contributed by atoms with van der Waals surface area (Å²) in [5.74, 6) is -0.808. The number of amides is 1. The predicted molar refractivity (Wildman–Crippen MR) is 156 cm³/mol. The van der Waals surface area contributed by atoms with Crippen LogP contribution in [0.15, 0.2) is 107 Å². The number of halogens is 1. The molecule has 1 aliphatic heterocycles. The van der Waals surface area contributed by atoms with Gasteiger partial charge in [0.2, 0.25) is 8.87 Å². The molecule has 0 N–H and O–H groups in total. The minimum absolute atomic E-state index is 0.0693. The number of β-lactam (4-membered cyclic amide) rings is 1. The third kappa shape index (κ3) is 6.75. The third-order valence-electron chi connectivity index (χ3n) is 6.09. The van der Waals surface area contributed by atoms with Gasteiger partial charge in [0.15, 0.2) is 12.1 Å². The Kier molecular flexibility index (Phi) is 9.67. The molecule has 1 amide bonds. The van der Waals surface area contributed by atoms with Gasteiger partial charge in [-0.15, -0.1) is 11.6 Å². The van der Waals surface area contributed by atoms with E-state index in [0.717, 1.165) is 10.5 Å². The highest BCUT2D eigenvalue weighted by molar-refractivity contribution is 8.72. The van der Waals surface area contributed by atoms with Gasteiger partial charge in [-0.2, -0.15) is 0 Å². The van der Waals surface area contributed by atoms with E-state index in [1.807, 2.05) is 30.3 Å². The minimum Gasteiger partial charge on any atom is -0.497 e. The zero-order valence-corrected chi connectivity index (χ0v) is 23.9. The van der Waals surface area contributed by atoms with Gasteiger partial charge in [0.25, 0.3) is 5.91 Å². The van der Waals surface area contributed by atoms with Crippen molar-refractivity contribution in [2.24, 2.45) is 4.99 Å².